The second kappa shape index (κ2) is 5.07. The highest BCUT2D eigenvalue weighted by atomic mass is 16.6. The van der Waals surface area contributed by atoms with Crippen molar-refractivity contribution in [1.29, 1.82) is 0 Å². The minimum absolute atomic E-state index is 0.0965. The molecular formula is C11H15N5O5. The highest BCUT2D eigenvalue weighted by Crippen LogP contribution is 2.32. The summed E-state index contributed by atoms with van der Waals surface area (Å²) in [5.41, 5.74) is 5.10. The number of hydrogen-bond donors (Lipinski definition) is 4. The number of nitrogen functional groups attached to an aromatic ring is 1. The molecule has 114 valence electrons. The van der Waals surface area contributed by atoms with Crippen LogP contribution in [-0.2, 0) is 4.74 Å². The number of nitrogens with zero attached hydrogens (tertiary/aromatic N) is 4. The molecule has 0 spiro atoms. The standard InChI is InChI=1S/C11H15N5O5/c1-20-9-5-8(14-11(12)15-9)16(3-13-5)10-7(19)6(18)4(2-17)21-10/h3-4,6-7,10,17-19H,2H2,1H3,(H2,12,14,15)/t4-,6-,7+,10-/m1/s1/i2D2,4D,6D,7D,10D. The van der Waals surface area contributed by atoms with Gasteiger partial charge in [-0.3, -0.25) is 4.57 Å². The molecule has 0 bridgehead atoms. The number of methoxy groups -OCH3 is 1. The molecule has 21 heavy (non-hydrogen) atoms. The van der Waals surface area contributed by atoms with Crippen molar-refractivity contribution in [2.75, 3.05) is 19.4 Å². The summed E-state index contributed by atoms with van der Waals surface area (Å²) in [4.78, 5) is 11.4. The van der Waals surface area contributed by atoms with Gasteiger partial charge >= 0.3 is 0 Å². The lowest BCUT2D eigenvalue weighted by Crippen LogP contribution is -2.33. The van der Waals surface area contributed by atoms with Crippen molar-refractivity contribution in [3.63, 3.8) is 0 Å². The van der Waals surface area contributed by atoms with Gasteiger partial charge in [0.15, 0.2) is 17.4 Å². The van der Waals surface area contributed by atoms with Crippen LogP contribution in [0.25, 0.3) is 11.2 Å². The van der Waals surface area contributed by atoms with Gasteiger partial charge in [0.25, 0.3) is 0 Å². The number of imidazole rings is 1. The molecule has 3 rings (SSSR count). The van der Waals surface area contributed by atoms with Crippen LogP contribution in [0.5, 0.6) is 5.88 Å². The predicted molar refractivity (Wildman–Crippen MR) is 69.3 cm³/mol. The van der Waals surface area contributed by atoms with Gasteiger partial charge in [0.2, 0.25) is 11.8 Å². The van der Waals surface area contributed by atoms with E-state index < -0.39 is 31.0 Å². The van der Waals surface area contributed by atoms with E-state index >= 15 is 0 Å². The lowest BCUT2D eigenvalue weighted by Gasteiger charge is -2.16. The van der Waals surface area contributed by atoms with Gasteiger partial charge in [-0.25, -0.2) is 4.98 Å². The van der Waals surface area contributed by atoms with Crippen LogP contribution in [0.2, 0.25) is 0 Å². The third-order valence-corrected chi connectivity index (χ3v) is 2.74. The van der Waals surface area contributed by atoms with Crippen molar-refractivity contribution in [3.05, 3.63) is 6.33 Å². The van der Waals surface area contributed by atoms with Gasteiger partial charge in [0.05, 0.1) is 28.2 Å². The number of fused-ring (bicyclic) bond motifs is 1. The highest BCUT2D eigenvalue weighted by molar-refractivity contribution is 5.77. The summed E-state index contributed by atoms with van der Waals surface area (Å²) in [5, 5.41) is 30.2. The van der Waals surface area contributed by atoms with Gasteiger partial charge in [0, 0.05) is 0 Å². The number of hydrogen-bond acceptors (Lipinski definition) is 9. The van der Waals surface area contributed by atoms with Crippen LogP contribution in [0.4, 0.5) is 5.95 Å². The Balaban J connectivity index is 2.31. The summed E-state index contributed by atoms with van der Waals surface area (Å²) in [5.74, 6) is -0.492. The number of nitrogens with two attached hydrogens (primary N) is 1. The van der Waals surface area contributed by atoms with Gasteiger partial charge in [-0.15, -0.1) is 0 Å². The van der Waals surface area contributed by atoms with Crippen molar-refractivity contribution in [3.8, 4) is 5.88 Å². The Hall–Kier alpha value is -2.01. The largest absolute Gasteiger partial charge is 0.479 e. The molecule has 5 N–H and O–H groups in total. The van der Waals surface area contributed by atoms with Crippen LogP contribution < -0.4 is 10.5 Å². The lowest BCUT2D eigenvalue weighted by atomic mass is 10.1. The van der Waals surface area contributed by atoms with Gasteiger partial charge < -0.3 is 30.5 Å². The van der Waals surface area contributed by atoms with Crippen molar-refractivity contribution in [2.45, 2.75) is 24.4 Å². The van der Waals surface area contributed by atoms with Crippen molar-refractivity contribution in [1.82, 2.24) is 19.5 Å². The molecule has 2 aromatic rings. The number of rotatable bonds is 3. The molecule has 3 heterocycles. The Morgan fingerprint density at radius 1 is 1.52 bits per heavy atom. The van der Waals surface area contributed by atoms with E-state index in [-0.39, 0.29) is 23.0 Å². The van der Waals surface area contributed by atoms with Crippen LogP contribution in [0, 0.1) is 0 Å². The summed E-state index contributed by atoms with van der Waals surface area (Å²) < 4.78 is 56.8. The molecule has 0 amide bonds. The Labute approximate surface area is 127 Å². The Morgan fingerprint density at radius 2 is 2.29 bits per heavy atom. The van der Waals surface area contributed by atoms with E-state index in [9.17, 15) is 15.3 Å². The first kappa shape index (κ1) is 8.44. The lowest BCUT2D eigenvalue weighted by molar-refractivity contribution is -0.0511. The van der Waals surface area contributed by atoms with Crippen molar-refractivity contribution >= 4 is 17.1 Å². The van der Waals surface area contributed by atoms with E-state index in [4.69, 9.17) is 23.4 Å². The summed E-state index contributed by atoms with van der Waals surface area (Å²) in [6.07, 6.45) is -13.6. The van der Waals surface area contributed by atoms with E-state index in [0.717, 1.165) is 6.33 Å². The van der Waals surface area contributed by atoms with Crippen molar-refractivity contribution < 1.29 is 33.0 Å². The zero-order chi connectivity index (χ0) is 20.6. The fourth-order valence-corrected chi connectivity index (χ4v) is 1.82. The fraction of sp³-hybridized carbons (Fsp3) is 0.545. The summed E-state index contributed by atoms with van der Waals surface area (Å²) >= 11 is 0. The zero-order valence-electron chi connectivity index (χ0n) is 16.6. The van der Waals surface area contributed by atoms with E-state index in [1.54, 1.807) is 0 Å². The van der Waals surface area contributed by atoms with E-state index in [1.165, 1.54) is 7.11 Å². The van der Waals surface area contributed by atoms with Crippen LogP contribution >= 0.6 is 0 Å². The maximum Gasteiger partial charge on any atom is 0.246 e. The van der Waals surface area contributed by atoms with Crippen LogP contribution in [0.1, 0.15) is 14.4 Å². The van der Waals surface area contributed by atoms with Gasteiger partial charge in [-0.1, -0.05) is 0 Å². The van der Waals surface area contributed by atoms with E-state index in [2.05, 4.69) is 15.0 Å². The monoisotopic (exact) mass is 303 g/mol. The molecule has 4 atom stereocenters. The van der Waals surface area contributed by atoms with Crippen molar-refractivity contribution in [2.24, 2.45) is 0 Å². The SMILES string of the molecule is [2H]C([2H])(O)[C@@]1([2H])O[C@@]([2H])(n2cnc3c(OC)nc(N)nc32)[C@@]([2H])(O)[C@]1([2H])O. The minimum atomic E-state index is -3.82. The topological polar surface area (TPSA) is 149 Å². The molecule has 10 heteroatoms. The maximum absolute atomic E-state index is 10.4. The fourth-order valence-electron chi connectivity index (χ4n) is 1.82. The maximum atomic E-state index is 10.4. The Bertz CT molecular complexity index is 919. The van der Waals surface area contributed by atoms with Crippen LogP contribution in [0.15, 0.2) is 6.33 Å². The summed E-state index contributed by atoms with van der Waals surface area (Å²) in [6.45, 7) is -3.75. The molecule has 0 aliphatic carbocycles. The van der Waals surface area contributed by atoms with Gasteiger partial charge in [-0.05, 0) is 0 Å². The van der Waals surface area contributed by atoms with E-state index in [1.807, 2.05) is 0 Å². The number of anilines is 1. The first-order valence-corrected chi connectivity index (χ1v) is 5.56. The molecule has 10 nitrogen and oxygen atoms in total. The first-order chi connectivity index (χ1) is 12.1. The number of aromatic nitrogens is 4. The second-order valence-electron chi connectivity index (χ2n) is 3.92. The Morgan fingerprint density at radius 3 is 2.90 bits per heavy atom. The smallest absolute Gasteiger partial charge is 0.246 e. The predicted octanol–water partition coefficient (Wildman–Crippen LogP) is -1.97. The molecule has 0 unspecified atom stereocenters. The van der Waals surface area contributed by atoms with Crippen LogP contribution in [0.3, 0.4) is 0 Å². The second-order valence-corrected chi connectivity index (χ2v) is 3.92. The third-order valence-electron chi connectivity index (χ3n) is 2.74. The molecule has 0 saturated carbocycles. The Kier molecular flexibility index (Phi) is 2.04. The molecular weight excluding hydrogens is 282 g/mol. The number of aliphatic hydroxyl groups is 3. The average Bonchev–Trinajstić information content (AvgIpc) is 2.99. The molecule has 1 aliphatic rings. The van der Waals surface area contributed by atoms with Crippen LogP contribution in [-0.4, -0.2) is 66.7 Å². The van der Waals surface area contributed by atoms with Gasteiger partial charge in [-0.2, -0.15) is 9.97 Å². The third kappa shape index (κ3) is 2.08. The quantitative estimate of drug-likeness (QED) is 0.506. The minimum Gasteiger partial charge on any atom is -0.479 e. The number of ether oxygens (including phenoxy) is 2. The van der Waals surface area contributed by atoms with E-state index in [0.29, 0.717) is 4.57 Å². The molecule has 1 saturated heterocycles. The summed E-state index contributed by atoms with van der Waals surface area (Å²) in [6, 6.07) is 0. The zero-order valence-corrected chi connectivity index (χ0v) is 10.6. The molecule has 0 aromatic carbocycles. The normalized spacial score (nSPS) is 48.0. The highest BCUT2D eigenvalue weighted by Gasteiger charge is 2.44. The molecule has 1 aliphatic heterocycles. The summed E-state index contributed by atoms with van der Waals surface area (Å²) in [7, 11) is 1.24. The average molecular weight is 303 g/mol. The molecule has 0 radical (unpaired) electrons. The molecule has 2 aromatic heterocycles. The first-order valence-electron chi connectivity index (χ1n) is 8.56. The molecule has 1 fully saturated rings. The van der Waals surface area contributed by atoms with Gasteiger partial charge in [0.1, 0.15) is 18.2 Å².